The second kappa shape index (κ2) is 5.42. The Bertz CT molecular complexity index is 786. The lowest BCUT2D eigenvalue weighted by Gasteiger charge is -2.15. The zero-order chi connectivity index (χ0) is 15.8. The summed E-state index contributed by atoms with van der Waals surface area (Å²) in [6.07, 6.45) is 1.61. The van der Waals surface area contributed by atoms with Gasteiger partial charge in [0.25, 0.3) is 0 Å². The number of nitrogen functional groups attached to an aromatic ring is 1. The lowest BCUT2D eigenvalue weighted by atomic mass is 10.0. The lowest BCUT2D eigenvalue weighted by molar-refractivity contribution is 0.520. The number of hydrogen-bond donors (Lipinski definition) is 1. The van der Waals surface area contributed by atoms with Crippen LogP contribution < -0.4 is 5.73 Å². The zero-order valence-corrected chi connectivity index (χ0v) is 13.3. The molecule has 0 atom stereocenters. The molecule has 6 nitrogen and oxygen atoms in total. The highest BCUT2D eigenvalue weighted by molar-refractivity contribution is 7.89. The Morgan fingerprint density at radius 1 is 1.19 bits per heavy atom. The molecule has 0 aliphatic heterocycles. The van der Waals surface area contributed by atoms with Gasteiger partial charge in [-0.2, -0.15) is 0 Å². The van der Waals surface area contributed by atoms with Crippen LogP contribution in [0.25, 0.3) is 11.1 Å². The third kappa shape index (κ3) is 2.88. The highest BCUT2D eigenvalue weighted by Gasteiger charge is 2.20. The van der Waals surface area contributed by atoms with E-state index < -0.39 is 10.0 Å². The molecule has 0 unspecified atom stereocenters. The molecule has 0 aliphatic carbocycles. The number of sulfonamides is 1. The van der Waals surface area contributed by atoms with E-state index in [-0.39, 0.29) is 10.8 Å². The number of aryl methyl sites for hydroxylation is 2. The molecule has 2 aromatic rings. The van der Waals surface area contributed by atoms with Crippen LogP contribution in [0, 0.1) is 13.8 Å². The first-order chi connectivity index (χ1) is 9.73. The minimum Gasteiger partial charge on any atom is -0.368 e. The predicted molar refractivity (Wildman–Crippen MR) is 82.2 cm³/mol. The minimum absolute atomic E-state index is 0.199. The van der Waals surface area contributed by atoms with Crippen molar-refractivity contribution in [2.45, 2.75) is 18.7 Å². The number of aromatic nitrogens is 2. The van der Waals surface area contributed by atoms with Crippen LogP contribution in [0.4, 0.5) is 5.95 Å². The topological polar surface area (TPSA) is 89.2 Å². The van der Waals surface area contributed by atoms with Crippen LogP contribution in [0.3, 0.4) is 0 Å². The molecule has 0 fully saturated rings. The second-order valence-electron chi connectivity index (χ2n) is 4.99. The fourth-order valence-corrected chi connectivity index (χ4v) is 3.15. The van der Waals surface area contributed by atoms with Crippen LogP contribution in [0.5, 0.6) is 0 Å². The predicted octanol–water partition coefficient (Wildman–Crippen LogP) is 1.59. The van der Waals surface area contributed by atoms with Crippen molar-refractivity contribution in [3.05, 3.63) is 35.7 Å². The third-order valence-corrected chi connectivity index (χ3v) is 5.21. The first-order valence-corrected chi connectivity index (χ1v) is 7.80. The Hall–Kier alpha value is -1.99. The van der Waals surface area contributed by atoms with Crippen LogP contribution in [0.1, 0.15) is 11.3 Å². The molecule has 0 radical (unpaired) electrons. The molecule has 7 heteroatoms. The van der Waals surface area contributed by atoms with Gasteiger partial charge in [-0.15, -0.1) is 0 Å². The number of nitrogens with zero attached hydrogens (tertiary/aromatic N) is 3. The van der Waals surface area contributed by atoms with E-state index >= 15 is 0 Å². The monoisotopic (exact) mass is 306 g/mol. The van der Waals surface area contributed by atoms with Crippen LogP contribution >= 0.6 is 0 Å². The summed E-state index contributed by atoms with van der Waals surface area (Å²) < 4.78 is 25.9. The van der Waals surface area contributed by atoms with Gasteiger partial charge in [0.1, 0.15) is 0 Å². The summed E-state index contributed by atoms with van der Waals surface area (Å²) in [5.41, 5.74) is 8.46. The molecule has 0 amide bonds. The minimum atomic E-state index is -3.49. The molecule has 2 rings (SSSR count). The van der Waals surface area contributed by atoms with Crippen molar-refractivity contribution in [3.8, 4) is 11.1 Å². The molecule has 0 spiro atoms. The Morgan fingerprint density at radius 2 is 1.86 bits per heavy atom. The van der Waals surface area contributed by atoms with E-state index in [2.05, 4.69) is 9.97 Å². The first kappa shape index (κ1) is 15.4. The fraction of sp³-hybridized carbons (Fsp3) is 0.286. The standard InChI is InChI=1S/C14H18N4O2S/c1-9-5-6-11(7-13(9)21(19,20)18(3)4)12-8-16-14(15)17-10(12)2/h5-8H,1-4H3,(H2,15,16,17). The smallest absolute Gasteiger partial charge is 0.242 e. The van der Waals surface area contributed by atoms with Crippen LogP contribution in [0.2, 0.25) is 0 Å². The van der Waals surface area contributed by atoms with Crippen LogP contribution in [0.15, 0.2) is 29.3 Å². The molecule has 0 bridgehead atoms. The maximum absolute atomic E-state index is 12.4. The van der Waals surface area contributed by atoms with Gasteiger partial charge in [-0.25, -0.2) is 22.7 Å². The van der Waals surface area contributed by atoms with Crippen LogP contribution in [-0.2, 0) is 10.0 Å². The molecular formula is C14H18N4O2S. The van der Waals surface area contributed by atoms with E-state index in [1.807, 2.05) is 13.0 Å². The molecule has 1 heterocycles. The van der Waals surface area contributed by atoms with Gasteiger partial charge in [0, 0.05) is 25.9 Å². The van der Waals surface area contributed by atoms with Gasteiger partial charge < -0.3 is 5.73 Å². The largest absolute Gasteiger partial charge is 0.368 e. The van der Waals surface area contributed by atoms with Gasteiger partial charge in [-0.1, -0.05) is 12.1 Å². The maximum atomic E-state index is 12.4. The van der Waals surface area contributed by atoms with Gasteiger partial charge in [-0.3, -0.25) is 0 Å². The summed E-state index contributed by atoms with van der Waals surface area (Å²) in [5, 5.41) is 0. The number of benzene rings is 1. The molecular weight excluding hydrogens is 288 g/mol. The maximum Gasteiger partial charge on any atom is 0.242 e. The van der Waals surface area contributed by atoms with Crippen molar-refractivity contribution in [1.29, 1.82) is 0 Å². The molecule has 2 N–H and O–H groups in total. The fourth-order valence-electron chi connectivity index (χ4n) is 2.01. The highest BCUT2D eigenvalue weighted by Crippen LogP contribution is 2.27. The lowest BCUT2D eigenvalue weighted by Crippen LogP contribution is -2.23. The van der Waals surface area contributed by atoms with Gasteiger partial charge >= 0.3 is 0 Å². The van der Waals surface area contributed by atoms with E-state index in [0.717, 1.165) is 11.1 Å². The van der Waals surface area contributed by atoms with Gasteiger partial charge in [0.05, 0.1) is 10.6 Å². The summed E-state index contributed by atoms with van der Waals surface area (Å²) in [6, 6.07) is 5.28. The SMILES string of the molecule is Cc1ccc(-c2cnc(N)nc2C)cc1S(=O)(=O)N(C)C. The Kier molecular flexibility index (Phi) is 3.97. The average Bonchev–Trinajstić information content (AvgIpc) is 2.39. The van der Waals surface area contributed by atoms with Crippen molar-refractivity contribution in [1.82, 2.24) is 14.3 Å². The molecule has 21 heavy (non-hydrogen) atoms. The molecule has 0 saturated heterocycles. The van der Waals surface area contributed by atoms with E-state index in [0.29, 0.717) is 11.3 Å². The average molecular weight is 306 g/mol. The summed E-state index contributed by atoms with van der Waals surface area (Å²) in [4.78, 5) is 8.36. The van der Waals surface area contributed by atoms with Gasteiger partial charge in [0.15, 0.2) is 0 Å². The number of hydrogen-bond acceptors (Lipinski definition) is 5. The van der Waals surface area contributed by atoms with Crippen LogP contribution in [-0.4, -0.2) is 36.8 Å². The Morgan fingerprint density at radius 3 is 2.43 bits per heavy atom. The highest BCUT2D eigenvalue weighted by atomic mass is 32.2. The molecule has 1 aromatic heterocycles. The number of rotatable bonds is 3. The van der Waals surface area contributed by atoms with Gasteiger partial charge in [-0.05, 0) is 31.0 Å². The summed E-state index contributed by atoms with van der Waals surface area (Å²) in [5.74, 6) is 0.199. The van der Waals surface area contributed by atoms with E-state index in [1.165, 1.54) is 18.4 Å². The molecule has 0 saturated carbocycles. The third-order valence-electron chi connectivity index (χ3n) is 3.26. The summed E-state index contributed by atoms with van der Waals surface area (Å²) >= 11 is 0. The molecule has 1 aromatic carbocycles. The Balaban J connectivity index is 2.64. The van der Waals surface area contributed by atoms with Crippen molar-refractivity contribution in [2.75, 3.05) is 19.8 Å². The first-order valence-electron chi connectivity index (χ1n) is 6.36. The van der Waals surface area contributed by atoms with Crippen molar-refractivity contribution < 1.29 is 8.42 Å². The number of anilines is 1. The summed E-state index contributed by atoms with van der Waals surface area (Å²) in [7, 11) is -0.465. The van der Waals surface area contributed by atoms with Gasteiger partial charge in [0.2, 0.25) is 16.0 Å². The Labute approximate surface area is 124 Å². The van der Waals surface area contributed by atoms with E-state index in [4.69, 9.17) is 5.73 Å². The van der Waals surface area contributed by atoms with Crippen molar-refractivity contribution in [2.24, 2.45) is 0 Å². The number of nitrogens with two attached hydrogens (primary N) is 1. The van der Waals surface area contributed by atoms with E-state index in [1.54, 1.807) is 25.3 Å². The van der Waals surface area contributed by atoms with Crippen molar-refractivity contribution in [3.63, 3.8) is 0 Å². The molecule has 112 valence electrons. The summed E-state index contributed by atoms with van der Waals surface area (Å²) in [6.45, 7) is 3.58. The van der Waals surface area contributed by atoms with E-state index in [9.17, 15) is 8.42 Å². The molecule has 0 aliphatic rings. The second-order valence-corrected chi connectivity index (χ2v) is 7.12. The normalized spacial score (nSPS) is 11.9. The quantitative estimate of drug-likeness (QED) is 0.930. The zero-order valence-electron chi connectivity index (χ0n) is 12.5. The van der Waals surface area contributed by atoms with Crippen molar-refractivity contribution >= 4 is 16.0 Å².